The third-order valence-corrected chi connectivity index (χ3v) is 2.67. The minimum absolute atomic E-state index is 0.240. The second-order valence-electron chi connectivity index (χ2n) is 4.29. The number of unbranched alkanes of at least 4 members (excludes halogenated alkanes) is 2. The van der Waals surface area contributed by atoms with E-state index in [0.717, 1.165) is 6.42 Å². The van der Waals surface area contributed by atoms with Gasteiger partial charge in [-0.25, -0.2) is 13.2 Å². The van der Waals surface area contributed by atoms with Crippen LogP contribution in [0.3, 0.4) is 0 Å². The van der Waals surface area contributed by atoms with E-state index in [9.17, 15) is 18.0 Å². The summed E-state index contributed by atoms with van der Waals surface area (Å²) in [7, 11) is 0. The van der Waals surface area contributed by atoms with E-state index < -0.39 is 17.5 Å². The molecule has 0 atom stereocenters. The van der Waals surface area contributed by atoms with Crippen molar-refractivity contribution in [2.24, 2.45) is 0 Å². The van der Waals surface area contributed by atoms with Gasteiger partial charge in [-0.3, -0.25) is 4.79 Å². The van der Waals surface area contributed by atoms with Crippen molar-refractivity contribution in [3.05, 3.63) is 29.6 Å². The fourth-order valence-electron chi connectivity index (χ4n) is 1.73. The number of carbonyl (C=O) groups is 1. The molecule has 1 N–H and O–H groups in total. The maximum Gasteiger partial charge on any atom is 0.305 e. The summed E-state index contributed by atoms with van der Waals surface area (Å²) >= 11 is 0. The van der Waals surface area contributed by atoms with Crippen molar-refractivity contribution in [3.8, 4) is 0 Å². The zero-order chi connectivity index (χ0) is 15.0. The molecule has 0 bridgehead atoms. The van der Waals surface area contributed by atoms with Crippen LogP contribution in [-0.4, -0.2) is 19.1 Å². The molecule has 1 rings (SSSR count). The highest BCUT2D eigenvalue weighted by Gasteiger charge is 2.10. The number of esters is 1. The fourth-order valence-corrected chi connectivity index (χ4v) is 1.73. The largest absolute Gasteiger partial charge is 0.466 e. The maximum atomic E-state index is 13.3. The smallest absolute Gasteiger partial charge is 0.305 e. The van der Waals surface area contributed by atoms with E-state index in [4.69, 9.17) is 4.74 Å². The third kappa shape index (κ3) is 5.50. The Morgan fingerprint density at radius 2 is 1.80 bits per heavy atom. The van der Waals surface area contributed by atoms with Crippen molar-refractivity contribution >= 4 is 11.7 Å². The second kappa shape index (κ2) is 8.45. The molecule has 20 heavy (non-hydrogen) atoms. The van der Waals surface area contributed by atoms with Gasteiger partial charge in [-0.05, 0) is 19.8 Å². The topological polar surface area (TPSA) is 38.3 Å². The van der Waals surface area contributed by atoms with Gasteiger partial charge in [-0.2, -0.15) is 0 Å². The van der Waals surface area contributed by atoms with Gasteiger partial charge in [0.1, 0.15) is 11.5 Å². The summed E-state index contributed by atoms with van der Waals surface area (Å²) in [4.78, 5) is 11.0. The highest BCUT2D eigenvalue weighted by atomic mass is 19.1. The summed E-state index contributed by atoms with van der Waals surface area (Å²) in [6.45, 7) is 2.46. The van der Waals surface area contributed by atoms with Crippen LogP contribution in [-0.2, 0) is 9.53 Å². The first-order valence-electron chi connectivity index (χ1n) is 6.58. The van der Waals surface area contributed by atoms with Crippen LogP contribution in [0.15, 0.2) is 12.1 Å². The average molecular weight is 289 g/mol. The van der Waals surface area contributed by atoms with Gasteiger partial charge in [-0.15, -0.1) is 0 Å². The van der Waals surface area contributed by atoms with Crippen LogP contribution in [0.4, 0.5) is 18.9 Å². The maximum absolute atomic E-state index is 13.3. The molecule has 3 nitrogen and oxygen atoms in total. The summed E-state index contributed by atoms with van der Waals surface area (Å²) in [5.74, 6) is -3.08. The lowest BCUT2D eigenvalue weighted by Gasteiger charge is -2.08. The van der Waals surface area contributed by atoms with Crippen LogP contribution < -0.4 is 5.32 Å². The number of rotatable bonds is 8. The van der Waals surface area contributed by atoms with Crippen molar-refractivity contribution in [2.45, 2.75) is 32.6 Å². The Labute approximate surface area is 116 Å². The number of halogens is 3. The molecule has 0 heterocycles. The lowest BCUT2D eigenvalue weighted by Crippen LogP contribution is -2.07. The predicted octanol–water partition coefficient (Wildman–Crippen LogP) is 3.64. The van der Waals surface area contributed by atoms with Crippen molar-refractivity contribution in [3.63, 3.8) is 0 Å². The summed E-state index contributed by atoms with van der Waals surface area (Å²) in [5.41, 5.74) is -0.322. The lowest BCUT2D eigenvalue weighted by atomic mass is 10.2. The monoisotopic (exact) mass is 289 g/mol. The van der Waals surface area contributed by atoms with E-state index in [1.807, 2.05) is 0 Å². The van der Waals surface area contributed by atoms with E-state index in [0.29, 0.717) is 44.5 Å². The molecular formula is C14H18F3NO2. The molecule has 1 aromatic rings. The Morgan fingerprint density at radius 3 is 2.40 bits per heavy atom. The number of hydrogen-bond acceptors (Lipinski definition) is 3. The number of benzene rings is 1. The van der Waals surface area contributed by atoms with Gasteiger partial charge in [-0.1, -0.05) is 6.42 Å². The van der Waals surface area contributed by atoms with Gasteiger partial charge in [0.15, 0.2) is 11.6 Å². The highest BCUT2D eigenvalue weighted by Crippen LogP contribution is 2.20. The highest BCUT2D eigenvalue weighted by molar-refractivity contribution is 5.69. The summed E-state index contributed by atoms with van der Waals surface area (Å²) in [6, 6.07) is 1.26. The number of nitrogens with one attached hydrogen (secondary N) is 1. The Balaban J connectivity index is 2.23. The van der Waals surface area contributed by atoms with Gasteiger partial charge < -0.3 is 10.1 Å². The zero-order valence-electron chi connectivity index (χ0n) is 11.3. The second-order valence-corrected chi connectivity index (χ2v) is 4.29. The molecule has 0 aliphatic rings. The van der Waals surface area contributed by atoms with Crippen LogP contribution in [0.1, 0.15) is 32.6 Å². The van der Waals surface area contributed by atoms with Crippen molar-refractivity contribution in [1.29, 1.82) is 0 Å². The normalized spacial score (nSPS) is 10.4. The summed E-state index contributed by atoms with van der Waals surface area (Å²) in [6.07, 6.45) is 2.38. The molecule has 0 spiro atoms. The minimum Gasteiger partial charge on any atom is -0.466 e. The van der Waals surface area contributed by atoms with Crippen LogP contribution >= 0.6 is 0 Å². The molecular weight excluding hydrogens is 271 g/mol. The SMILES string of the molecule is CCOC(=O)CCCCCNc1c(F)cc(F)cc1F. The third-order valence-electron chi connectivity index (χ3n) is 2.67. The Bertz CT molecular complexity index is 429. The first-order valence-corrected chi connectivity index (χ1v) is 6.58. The molecule has 0 aliphatic heterocycles. The first kappa shape index (κ1) is 16.3. The van der Waals surface area contributed by atoms with E-state index in [1.165, 1.54) is 0 Å². The van der Waals surface area contributed by atoms with E-state index in [1.54, 1.807) is 6.92 Å². The van der Waals surface area contributed by atoms with Gasteiger partial charge in [0.25, 0.3) is 0 Å². The summed E-state index contributed by atoms with van der Waals surface area (Å²) < 4.78 is 44.0. The van der Waals surface area contributed by atoms with Gasteiger partial charge in [0, 0.05) is 25.1 Å². The number of carbonyl (C=O) groups excluding carboxylic acids is 1. The number of anilines is 1. The van der Waals surface area contributed by atoms with Gasteiger partial charge in [0.2, 0.25) is 0 Å². The minimum atomic E-state index is -0.950. The van der Waals surface area contributed by atoms with Crippen molar-refractivity contribution < 1.29 is 22.7 Å². The van der Waals surface area contributed by atoms with Crippen molar-refractivity contribution in [1.82, 2.24) is 0 Å². The quantitative estimate of drug-likeness (QED) is 0.586. The molecule has 0 aromatic heterocycles. The van der Waals surface area contributed by atoms with Gasteiger partial charge >= 0.3 is 5.97 Å². The van der Waals surface area contributed by atoms with Gasteiger partial charge in [0.05, 0.1) is 6.61 Å². The molecule has 0 saturated carbocycles. The molecule has 0 amide bonds. The number of ether oxygens (including phenoxy) is 1. The first-order chi connectivity index (χ1) is 9.54. The van der Waals surface area contributed by atoms with Crippen molar-refractivity contribution in [2.75, 3.05) is 18.5 Å². The molecule has 1 aromatic carbocycles. The Morgan fingerprint density at radius 1 is 1.15 bits per heavy atom. The molecule has 112 valence electrons. The van der Waals surface area contributed by atoms with E-state index in [2.05, 4.69) is 5.32 Å². The lowest BCUT2D eigenvalue weighted by molar-refractivity contribution is -0.143. The van der Waals surface area contributed by atoms with Crippen LogP contribution in [0, 0.1) is 17.5 Å². The summed E-state index contributed by atoms with van der Waals surface area (Å²) in [5, 5.41) is 2.59. The Hall–Kier alpha value is -1.72. The molecule has 6 heteroatoms. The molecule has 0 aliphatic carbocycles. The zero-order valence-corrected chi connectivity index (χ0v) is 11.3. The van der Waals surface area contributed by atoms with Crippen LogP contribution in [0.25, 0.3) is 0 Å². The molecule has 0 saturated heterocycles. The molecule has 0 radical (unpaired) electrons. The van der Waals surface area contributed by atoms with E-state index in [-0.39, 0.29) is 11.7 Å². The Kier molecular flexibility index (Phi) is 6.90. The van der Waals surface area contributed by atoms with Crippen LogP contribution in [0.5, 0.6) is 0 Å². The molecule has 0 unspecified atom stereocenters. The van der Waals surface area contributed by atoms with E-state index >= 15 is 0 Å². The predicted molar refractivity (Wildman–Crippen MR) is 69.9 cm³/mol. The standard InChI is InChI=1S/C14H18F3NO2/c1-2-20-13(19)6-4-3-5-7-18-14-11(16)8-10(15)9-12(14)17/h8-9,18H,2-7H2,1H3. The number of hydrogen-bond donors (Lipinski definition) is 1. The molecule has 0 fully saturated rings. The fraction of sp³-hybridized carbons (Fsp3) is 0.500. The van der Waals surface area contributed by atoms with Crippen LogP contribution in [0.2, 0.25) is 0 Å². The average Bonchev–Trinajstić information content (AvgIpc) is 2.36.